The lowest BCUT2D eigenvalue weighted by Gasteiger charge is -2.08. The minimum absolute atomic E-state index is 0.127. The highest BCUT2D eigenvalue weighted by Gasteiger charge is 2.15. The quantitative estimate of drug-likeness (QED) is 0.603. The van der Waals surface area contributed by atoms with Gasteiger partial charge in [-0.25, -0.2) is 9.67 Å². The Balaban J connectivity index is 1.75. The number of benzene rings is 1. The second-order valence-electron chi connectivity index (χ2n) is 6.31. The van der Waals surface area contributed by atoms with Crippen LogP contribution in [0.4, 0.5) is 5.69 Å². The van der Waals surface area contributed by atoms with Crippen LogP contribution in [-0.4, -0.2) is 20.7 Å². The van der Waals surface area contributed by atoms with Crippen molar-refractivity contribution in [1.82, 2.24) is 14.8 Å². The molecule has 0 spiro atoms. The van der Waals surface area contributed by atoms with Gasteiger partial charge in [0.15, 0.2) is 0 Å². The Bertz CT molecular complexity index is 1010. The van der Waals surface area contributed by atoms with E-state index in [0.717, 1.165) is 39.8 Å². The van der Waals surface area contributed by atoms with Gasteiger partial charge in [0, 0.05) is 27.3 Å². The van der Waals surface area contributed by atoms with E-state index in [-0.39, 0.29) is 12.3 Å². The molecule has 3 rings (SSSR count). The number of nitrogens with zero attached hydrogens (tertiary/aromatic N) is 3. The molecule has 3 aromatic rings. The van der Waals surface area contributed by atoms with E-state index in [1.165, 1.54) is 11.3 Å². The monoisotopic (exact) mass is 400 g/mol. The average Bonchev–Trinajstić information content (AvgIpc) is 3.18. The highest BCUT2D eigenvalue weighted by atomic mass is 35.5. The van der Waals surface area contributed by atoms with Crippen LogP contribution >= 0.6 is 22.9 Å². The summed E-state index contributed by atoms with van der Waals surface area (Å²) in [5.74, 6) is -0.127. The van der Waals surface area contributed by atoms with Crippen molar-refractivity contribution >= 4 is 34.5 Å². The molecule has 2 aromatic heterocycles. The van der Waals surface area contributed by atoms with Crippen LogP contribution in [0.2, 0.25) is 5.02 Å². The fourth-order valence-corrected chi connectivity index (χ4v) is 3.88. The zero-order valence-corrected chi connectivity index (χ0v) is 17.1. The first kappa shape index (κ1) is 19.3. The zero-order valence-electron chi connectivity index (χ0n) is 15.5. The maximum atomic E-state index is 12.4. The normalized spacial score (nSPS) is 10.8. The fraction of sp³-hybridized carbons (Fsp3) is 0.250. The van der Waals surface area contributed by atoms with Gasteiger partial charge in [-0.15, -0.1) is 17.9 Å². The molecule has 0 aliphatic carbocycles. The molecule has 5 nitrogen and oxygen atoms in total. The third kappa shape index (κ3) is 4.12. The average molecular weight is 401 g/mol. The summed E-state index contributed by atoms with van der Waals surface area (Å²) < 4.78 is 1.83. The highest BCUT2D eigenvalue weighted by molar-refractivity contribution is 7.12. The van der Waals surface area contributed by atoms with Crippen molar-refractivity contribution in [3.63, 3.8) is 0 Å². The third-order valence-electron chi connectivity index (χ3n) is 4.39. The summed E-state index contributed by atoms with van der Waals surface area (Å²) in [6.07, 6.45) is 2.84. The summed E-state index contributed by atoms with van der Waals surface area (Å²) in [7, 11) is 0. The third-order valence-corrected chi connectivity index (χ3v) is 5.67. The summed E-state index contributed by atoms with van der Waals surface area (Å²) in [5.41, 5.74) is 5.46. The number of nitrogens with one attached hydrogen (secondary N) is 1. The summed E-state index contributed by atoms with van der Waals surface area (Å²) in [4.78, 5) is 17.0. The number of rotatable bonds is 6. The second-order valence-corrected chi connectivity index (χ2v) is 7.56. The van der Waals surface area contributed by atoms with Crippen LogP contribution in [0.15, 0.2) is 36.2 Å². The van der Waals surface area contributed by atoms with E-state index in [1.807, 2.05) is 49.0 Å². The van der Waals surface area contributed by atoms with Gasteiger partial charge >= 0.3 is 0 Å². The number of hydrogen-bond acceptors (Lipinski definition) is 4. The van der Waals surface area contributed by atoms with Gasteiger partial charge in [0.05, 0.1) is 17.8 Å². The van der Waals surface area contributed by atoms with Gasteiger partial charge < -0.3 is 5.32 Å². The number of carbonyl (C=O) groups is 1. The number of thiazole rings is 1. The summed E-state index contributed by atoms with van der Waals surface area (Å²) >= 11 is 7.58. The minimum Gasteiger partial charge on any atom is -0.325 e. The SMILES string of the molecule is C=CCc1c(C)nn(-c2nc(CC(=O)Nc3cccc(Cl)c3C)cs2)c1C. The summed E-state index contributed by atoms with van der Waals surface area (Å²) in [5, 5.41) is 10.8. The first-order valence-corrected chi connectivity index (χ1v) is 9.82. The standard InChI is InChI=1S/C20H21ClN4OS/c1-5-7-16-13(3)24-25(14(16)4)20-22-15(11-27-20)10-19(26)23-18-9-6-8-17(21)12(18)2/h5-6,8-9,11H,1,7,10H2,2-4H3,(H,23,26). The van der Waals surface area contributed by atoms with Gasteiger partial charge in [-0.2, -0.15) is 5.10 Å². The molecule has 0 aliphatic heterocycles. The Morgan fingerprint density at radius 1 is 1.37 bits per heavy atom. The second kappa shape index (κ2) is 8.06. The van der Waals surface area contributed by atoms with Gasteiger partial charge in [0.2, 0.25) is 11.0 Å². The molecular weight excluding hydrogens is 380 g/mol. The number of anilines is 1. The Hall–Kier alpha value is -2.44. The van der Waals surface area contributed by atoms with E-state index in [0.29, 0.717) is 10.7 Å². The van der Waals surface area contributed by atoms with E-state index >= 15 is 0 Å². The molecule has 0 bridgehead atoms. The van der Waals surface area contributed by atoms with Gasteiger partial charge in [0.1, 0.15) is 0 Å². The molecule has 0 unspecified atom stereocenters. The van der Waals surface area contributed by atoms with Crippen LogP contribution in [0.1, 0.15) is 28.2 Å². The number of amides is 1. The molecule has 7 heteroatoms. The van der Waals surface area contributed by atoms with Gasteiger partial charge in [-0.1, -0.05) is 23.7 Å². The lowest BCUT2D eigenvalue weighted by Crippen LogP contribution is -2.15. The predicted octanol–water partition coefficient (Wildman–Crippen LogP) is 4.82. The Labute approximate surface area is 167 Å². The topological polar surface area (TPSA) is 59.8 Å². The van der Waals surface area contributed by atoms with E-state index in [4.69, 9.17) is 11.6 Å². The van der Waals surface area contributed by atoms with Crippen LogP contribution in [0.3, 0.4) is 0 Å². The van der Waals surface area contributed by atoms with Crippen molar-refractivity contribution in [3.8, 4) is 5.13 Å². The highest BCUT2D eigenvalue weighted by Crippen LogP contribution is 2.24. The van der Waals surface area contributed by atoms with Crippen molar-refractivity contribution in [3.05, 3.63) is 69.5 Å². The van der Waals surface area contributed by atoms with E-state index < -0.39 is 0 Å². The first-order chi connectivity index (χ1) is 12.9. The lowest BCUT2D eigenvalue weighted by molar-refractivity contribution is -0.115. The summed E-state index contributed by atoms with van der Waals surface area (Å²) in [6, 6.07) is 5.45. The smallest absolute Gasteiger partial charge is 0.230 e. The predicted molar refractivity (Wildman–Crippen MR) is 111 cm³/mol. The number of hydrogen-bond donors (Lipinski definition) is 1. The zero-order chi connectivity index (χ0) is 19.6. The Morgan fingerprint density at radius 3 is 2.89 bits per heavy atom. The molecule has 1 amide bonds. The van der Waals surface area contributed by atoms with Gasteiger partial charge in [0.25, 0.3) is 0 Å². The number of halogens is 1. The summed E-state index contributed by atoms with van der Waals surface area (Å²) in [6.45, 7) is 9.68. The molecular formula is C20H21ClN4OS. The lowest BCUT2D eigenvalue weighted by atomic mass is 10.1. The van der Waals surface area contributed by atoms with Crippen molar-refractivity contribution < 1.29 is 4.79 Å². The number of aryl methyl sites for hydroxylation is 1. The van der Waals surface area contributed by atoms with Gasteiger partial charge in [-0.05, 0) is 44.9 Å². The molecule has 1 aromatic carbocycles. The molecule has 27 heavy (non-hydrogen) atoms. The van der Waals surface area contributed by atoms with Crippen LogP contribution in [0.5, 0.6) is 0 Å². The maximum absolute atomic E-state index is 12.4. The molecule has 2 heterocycles. The van der Waals surface area contributed by atoms with Crippen LogP contribution in [-0.2, 0) is 17.6 Å². The first-order valence-electron chi connectivity index (χ1n) is 8.56. The molecule has 1 N–H and O–H groups in total. The van der Waals surface area contributed by atoms with Crippen molar-refractivity contribution in [1.29, 1.82) is 0 Å². The van der Waals surface area contributed by atoms with Crippen LogP contribution in [0.25, 0.3) is 5.13 Å². The Morgan fingerprint density at radius 2 is 2.15 bits per heavy atom. The van der Waals surface area contributed by atoms with E-state index in [9.17, 15) is 4.79 Å². The molecule has 0 atom stereocenters. The molecule has 0 saturated heterocycles. The minimum atomic E-state index is -0.127. The number of carbonyl (C=O) groups excluding carboxylic acids is 1. The maximum Gasteiger partial charge on any atom is 0.230 e. The molecule has 0 radical (unpaired) electrons. The molecule has 0 aliphatic rings. The number of allylic oxidation sites excluding steroid dienone is 1. The van der Waals surface area contributed by atoms with Crippen LogP contribution < -0.4 is 5.32 Å². The molecule has 140 valence electrons. The van der Waals surface area contributed by atoms with Gasteiger partial charge in [-0.3, -0.25) is 4.79 Å². The Kier molecular flexibility index (Phi) is 5.77. The van der Waals surface area contributed by atoms with E-state index in [1.54, 1.807) is 6.07 Å². The fourth-order valence-electron chi connectivity index (χ4n) is 2.88. The van der Waals surface area contributed by atoms with Crippen molar-refractivity contribution in [2.45, 2.75) is 33.6 Å². The van der Waals surface area contributed by atoms with E-state index in [2.05, 4.69) is 22.0 Å². The van der Waals surface area contributed by atoms with Crippen molar-refractivity contribution in [2.75, 3.05) is 5.32 Å². The van der Waals surface area contributed by atoms with Crippen molar-refractivity contribution in [2.24, 2.45) is 0 Å². The van der Waals surface area contributed by atoms with Crippen LogP contribution in [0, 0.1) is 20.8 Å². The number of aromatic nitrogens is 3. The molecule has 0 fully saturated rings. The largest absolute Gasteiger partial charge is 0.325 e. The molecule has 0 saturated carbocycles.